The lowest BCUT2D eigenvalue weighted by Gasteiger charge is -2.16. The van der Waals surface area contributed by atoms with Crippen LogP contribution in [-0.4, -0.2) is 12.9 Å². The van der Waals surface area contributed by atoms with Crippen molar-refractivity contribution in [1.29, 1.82) is 0 Å². The summed E-state index contributed by atoms with van der Waals surface area (Å²) in [6.45, 7) is 0. The molecule has 0 bridgehead atoms. The Morgan fingerprint density at radius 1 is 0.857 bits per heavy atom. The Kier molecular flexibility index (Phi) is 4.04. The number of hydrogen-bond acceptors (Lipinski definition) is 2. The number of benzene rings is 4. The number of ether oxygens (including phenoxy) is 1. The smallest absolute Gasteiger partial charge is 0.194 e. The zero-order valence-corrected chi connectivity index (χ0v) is 17.3. The van der Waals surface area contributed by atoms with Crippen molar-refractivity contribution in [3.05, 3.63) is 87.4 Å². The van der Waals surface area contributed by atoms with Crippen LogP contribution in [0.1, 0.15) is 15.9 Å². The molecule has 4 aromatic carbocycles. The third-order valence-electron chi connectivity index (χ3n) is 5.26. The van der Waals surface area contributed by atoms with Crippen molar-refractivity contribution >= 4 is 44.1 Å². The summed E-state index contributed by atoms with van der Waals surface area (Å²) in [5.74, 6) is 0.832. The predicted octanol–water partition coefficient (Wildman–Crippen LogP) is 7.14. The number of hydrogen-bond donors (Lipinski definition) is 0. The molecule has 0 aliphatic heterocycles. The molecule has 5 rings (SSSR count). The molecule has 0 spiro atoms. The van der Waals surface area contributed by atoms with E-state index in [1.54, 1.807) is 7.11 Å². The molecule has 0 N–H and O–H groups in total. The molecule has 0 atom stereocenters. The first-order valence-electron chi connectivity index (χ1n) is 8.83. The van der Waals surface area contributed by atoms with Gasteiger partial charge in [0.05, 0.1) is 7.11 Å². The van der Waals surface area contributed by atoms with Crippen LogP contribution in [0, 0.1) is 0 Å². The number of fused-ring (bicyclic) bond motifs is 4. The first-order chi connectivity index (χ1) is 13.6. The molecule has 1 aliphatic rings. The first kappa shape index (κ1) is 17.5. The summed E-state index contributed by atoms with van der Waals surface area (Å²) < 4.78 is 6.22. The van der Waals surface area contributed by atoms with Crippen LogP contribution in [0.2, 0.25) is 5.02 Å². The van der Waals surface area contributed by atoms with Crippen molar-refractivity contribution in [1.82, 2.24) is 0 Å². The van der Waals surface area contributed by atoms with Gasteiger partial charge < -0.3 is 4.74 Å². The van der Waals surface area contributed by atoms with Gasteiger partial charge in [0.15, 0.2) is 5.78 Å². The fourth-order valence-electron chi connectivity index (χ4n) is 3.99. The van der Waals surface area contributed by atoms with Crippen LogP contribution < -0.4 is 4.74 Å². The second-order valence-corrected chi connectivity index (χ2v) is 7.99. The SMILES string of the molecule is COc1ccc(-c2c3c(cc4c(Br)ccc(Cl)c24)C(=O)c2ccccc2-3)cc1. The maximum absolute atomic E-state index is 13.1. The second-order valence-electron chi connectivity index (χ2n) is 6.73. The summed E-state index contributed by atoms with van der Waals surface area (Å²) in [5, 5.41) is 2.52. The molecular formula is C24H14BrClO2. The van der Waals surface area contributed by atoms with Gasteiger partial charge in [0.2, 0.25) is 0 Å². The number of carbonyl (C=O) groups excluding carboxylic acids is 1. The zero-order chi connectivity index (χ0) is 19.4. The first-order valence-corrected chi connectivity index (χ1v) is 10.0. The molecule has 0 unspecified atom stereocenters. The van der Waals surface area contributed by atoms with Crippen LogP contribution in [0.15, 0.2) is 71.2 Å². The molecule has 28 heavy (non-hydrogen) atoms. The quantitative estimate of drug-likeness (QED) is 0.286. The van der Waals surface area contributed by atoms with Gasteiger partial charge in [-0.25, -0.2) is 0 Å². The molecule has 4 aromatic rings. The molecule has 1 aliphatic carbocycles. The van der Waals surface area contributed by atoms with Crippen LogP contribution in [0.5, 0.6) is 5.75 Å². The number of halogens is 2. The number of ketones is 1. The summed E-state index contributed by atoms with van der Waals surface area (Å²) in [6, 6.07) is 21.4. The van der Waals surface area contributed by atoms with Crippen molar-refractivity contribution in [3.63, 3.8) is 0 Å². The van der Waals surface area contributed by atoms with Crippen molar-refractivity contribution in [2.45, 2.75) is 0 Å². The third kappa shape index (κ3) is 2.43. The Labute approximate surface area is 175 Å². The normalized spacial score (nSPS) is 12.2. The molecule has 0 saturated carbocycles. The fraction of sp³-hybridized carbons (Fsp3) is 0.0417. The van der Waals surface area contributed by atoms with Crippen molar-refractivity contribution in [2.75, 3.05) is 7.11 Å². The molecule has 0 heterocycles. The van der Waals surface area contributed by atoms with E-state index < -0.39 is 0 Å². The minimum Gasteiger partial charge on any atom is -0.497 e. The maximum Gasteiger partial charge on any atom is 0.194 e. The molecule has 2 nitrogen and oxygen atoms in total. The highest BCUT2D eigenvalue weighted by Gasteiger charge is 2.31. The van der Waals surface area contributed by atoms with Gasteiger partial charge in [0.1, 0.15) is 5.75 Å². The van der Waals surface area contributed by atoms with Gasteiger partial charge in [0, 0.05) is 31.6 Å². The van der Waals surface area contributed by atoms with Crippen LogP contribution >= 0.6 is 27.5 Å². The lowest BCUT2D eigenvalue weighted by atomic mass is 9.89. The molecule has 0 aromatic heterocycles. The molecule has 0 amide bonds. The van der Waals surface area contributed by atoms with E-state index in [-0.39, 0.29) is 5.78 Å². The van der Waals surface area contributed by atoms with E-state index in [4.69, 9.17) is 16.3 Å². The van der Waals surface area contributed by atoms with Gasteiger partial charge >= 0.3 is 0 Å². The Hall–Kier alpha value is -2.62. The molecule has 0 fully saturated rings. The summed E-state index contributed by atoms with van der Waals surface area (Å²) in [6.07, 6.45) is 0. The highest BCUT2D eigenvalue weighted by Crippen LogP contribution is 2.49. The predicted molar refractivity (Wildman–Crippen MR) is 118 cm³/mol. The van der Waals surface area contributed by atoms with E-state index >= 15 is 0 Å². The Morgan fingerprint density at radius 2 is 1.57 bits per heavy atom. The van der Waals surface area contributed by atoms with Crippen LogP contribution in [-0.2, 0) is 0 Å². The van der Waals surface area contributed by atoms with Crippen molar-refractivity contribution in [2.24, 2.45) is 0 Å². The highest BCUT2D eigenvalue weighted by molar-refractivity contribution is 9.10. The highest BCUT2D eigenvalue weighted by atomic mass is 79.9. The summed E-state index contributed by atoms with van der Waals surface area (Å²) >= 11 is 10.3. The zero-order valence-electron chi connectivity index (χ0n) is 14.9. The summed E-state index contributed by atoms with van der Waals surface area (Å²) in [7, 11) is 1.65. The Bertz CT molecular complexity index is 1280. The topological polar surface area (TPSA) is 26.3 Å². The second kappa shape index (κ2) is 6.47. The monoisotopic (exact) mass is 448 g/mol. The van der Waals surface area contributed by atoms with Gasteiger partial charge in [-0.15, -0.1) is 0 Å². The van der Waals surface area contributed by atoms with E-state index in [1.807, 2.05) is 66.7 Å². The van der Waals surface area contributed by atoms with E-state index in [9.17, 15) is 4.79 Å². The van der Waals surface area contributed by atoms with E-state index in [0.717, 1.165) is 48.8 Å². The minimum absolute atomic E-state index is 0.0501. The third-order valence-corrected chi connectivity index (χ3v) is 6.27. The molecule has 4 heteroatoms. The van der Waals surface area contributed by atoms with E-state index in [2.05, 4.69) is 15.9 Å². The molecule has 0 saturated heterocycles. The maximum atomic E-state index is 13.1. The van der Waals surface area contributed by atoms with Gasteiger partial charge in [-0.05, 0) is 52.4 Å². The minimum atomic E-state index is 0.0501. The van der Waals surface area contributed by atoms with Crippen molar-refractivity contribution < 1.29 is 9.53 Å². The Morgan fingerprint density at radius 3 is 2.29 bits per heavy atom. The van der Waals surface area contributed by atoms with E-state index in [1.165, 1.54) is 0 Å². The van der Waals surface area contributed by atoms with Crippen LogP contribution in [0.3, 0.4) is 0 Å². The Balaban J connectivity index is 1.98. The van der Waals surface area contributed by atoms with Crippen LogP contribution in [0.25, 0.3) is 33.0 Å². The van der Waals surface area contributed by atoms with Gasteiger partial charge in [-0.3, -0.25) is 4.79 Å². The van der Waals surface area contributed by atoms with Gasteiger partial charge in [-0.1, -0.05) is 63.9 Å². The van der Waals surface area contributed by atoms with E-state index in [0.29, 0.717) is 10.6 Å². The van der Waals surface area contributed by atoms with Gasteiger partial charge in [0.25, 0.3) is 0 Å². The lowest BCUT2D eigenvalue weighted by Crippen LogP contribution is -1.96. The number of rotatable bonds is 2. The average molecular weight is 450 g/mol. The largest absolute Gasteiger partial charge is 0.497 e. The van der Waals surface area contributed by atoms with Gasteiger partial charge in [-0.2, -0.15) is 0 Å². The number of methoxy groups -OCH3 is 1. The fourth-order valence-corrected chi connectivity index (χ4v) is 4.69. The van der Waals surface area contributed by atoms with Crippen LogP contribution in [0.4, 0.5) is 0 Å². The average Bonchev–Trinajstić information content (AvgIpc) is 3.02. The number of carbonyl (C=O) groups is 1. The lowest BCUT2D eigenvalue weighted by molar-refractivity contribution is 0.104. The van der Waals surface area contributed by atoms with Crippen molar-refractivity contribution in [3.8, 4) is 28.0 Å². The molecule has 136 valence electrons. The standard InChI is InChI=1S/C24H14BrClO2/c1-28-14-8-6-13(7-9-14)21-22-15-4-2-3-5-16(15)24(27)18(22)12-17-19(25)10-11-20(26)23(17)21/h2-12H,1H3. The molecular weight excluding hydrogens is 436 g/mol. The summed E-state index contributed by atoms with van der Waals surface area (Å²) in [5.41, 5.74) is 5.30. The molecule has 0 radical (unpaired) electrons. The summed E-state index contributed by atoms with van der Waals surface area (Å²) in [4.78, 5) is 13.1.